The molecule has 29 nitrogen and oxygen atoms in total. The maximum atomic E-state index is 14.1. The van der Waals surface area contributed by atoms with E-state index in [0.29, 0.717) is 22.8 Å². The van der Waals surface area contributed by atoms with Crippen molar-refractivity contribution in [3.8, 4) is 0 Å². The third kappa shape index (κ3) is 17.0. The van der Waals surface area contributed by atoms with Gasteiger partial charge in [-0.25, -0.2) is 24.7 Å². The van der Waals surface area contributed by atoms with Gasteiger partial charge in [0.15, 0.2) is 0 Å². The lowest BCUT2D eigenvalue weighted by Gasteiger charge is -2.26. The number of amides is 8. The van der Waals surface area contributed by atoms with Gasteiger partial charge in [-0.3, -0.25) is 43.2 Å². The van der Waals surface area contributed by atoms with Crippen LogP contribution in [0.5, 0.6) is 0 Å². The number of carboxylic acids is 2. The van der Waals surface area contributed by atoms with Gasteiger partial charge in [-0.1, -0.05) is 0 Å². The molecule has 0 aliphatic rings. The number of hydrogen-bond acceptors (Lipinski definition) is 15. The Morgan fingerprint density at radius 2 is 0.696 bits per heavy atom. The monoisotopic (exact) mass is 965 g/mol. The largest absolute Gasteiger partial charge is 0.481 e. The zero-order valence-electron chi connectivity index (χ0n) is 37.7. The van der Waals surface area contributed by atoms with Crippen LogP contribution in [0.4, 0.5) is 0 Å². The topological polar surface area (TPSA) is 448 Å². The van der Waals surface area contributed by atoms with Gasteiger partial charge in [0, 0.05) is 73.2 Å². The minimum absolute atomic E-state index is 0.0455. The smallest absolute Gasteiger partial charge is 0.326 e. The number of H-pyrrole nitrogens is 4. The van der Waals surface area contributed by atoms with Crippen LogP contribution in [0.25, 0.3) is 0 Å². The van der Waals surface area contributed by atoms with Crippen molar-refractivity contribution in [2.45, 2.75) is 114 Å². The van der Waals surface area contributed by atoms with Gasteiger partial charge < -0.3 is 78.4 Å². The number of carbonyl (C=O) groups excluding carboxylic acids is 8. The number of nitrogens with two attached hydrogens (primary N) is 1. The molecule has 0 fully saturated rings. The molecule has 8 amide bonds. The van der Waals surface area contributed by atoms with Crippen molar-refractivity contribution < 1.29 is 58.2 Å². The second-order valence-electron chi connectivity index (χ2n) is 15.8. The van der Waals surface area contributed by atoms with Gasteiger partial charge in [-0.15, -0.1) is 0 Å². The van der Waals surface area contributed by atoms with Crippen molar-refractivity contribution in [1.29, 1.82) is 0 Å². The predicted octanol–water partition coefficient (Wildman–Crippen LogP) is -5.31. The first-order chi connectivity index (χ1) is 32.7. The molecule has 29 heteroatoms. The Morgan fingerprint density at radius 1 is 0.435 bits per heavy atom. The van der Waals surface area contributed by atoms with Crippen molar-refractivity contribution in [1.82, 2.24) is 82.4 Å². The van der Waals surface area contributed by atoms with Crippen LogP contribution >= 0.6 is 0 Å². The summed E-state index contributed by atoms with van der Waals surface area (Å²) in [7, 11) is 0. The maximum absolute atomic E-state index is 14.1. The molecule has 4 aromatic heterocycles. The zero-order valence-corrected chi connectivity index (χ0v) is 37.7. The molecule has 9 atom stereocenters. The van der Waals surface area contributed by atoms with Gasteiger partial charge >= 0.3 is 11.9 Å². The summed E-state index contributed by atoms with van der Waals surface area (Å²) in [5.74, 6) is -9.93. The van der Waals surface area contributed by atoms with E-state index in [2.05, 4.69) is 77.1 Å². The van der Waals surface area contributed by atoms with Crippen LogP contribution in [0.1, 0.15) is 56.9 Å². The van der Waals surface area contributed by atoms with Crippen molar-refractivity contribution in [3.63, 3.8) is 0 Å². The Kier molecular flexibility index (Phi) is 19.6. The van der Waals surface area contributed by atoms with Crippen molar-refractivity contribution in [2.24, 2.45) is 5.73 Å². The normalized spacial score (nSPS) is 14.9. The van der Waals surface area contributed by atoms with Gasteiger partial charge in [0.05, 0.1) is 37.8 Å². The highest BCUT2D eigenvalue weighted by Gasteiger charge is 2.34. The Morgan fingerprint density at radius 3 is 0.971 bits per heavy atom. The molecular formula is C40H55N17O12. The number of hydrogen-bond donors (Lipinski definition) is 15. The summed E-state index contributed by atoms with van der Waals surface area (Å²) in [5, 5.41) is 37.9. The molecule has 9 unspecified atom stereocenters. The Balaban J connectivity index is 1.47. The standard InChI is InChI=1S/C40H55N17O12/c1-18(41)32(60)53-28(7-24-12-44-16-48-24)38(66)55-27(6-23-11-43-15-47-23)37(65)52-21(4)34(62)54-29(8-25-13-45-17-49-25)39(67)56-26(5-22-10-42-14-46-22)36(64)51-19(2)33(61)50-20(3)35(63)57-30(40(68)69)9-31(58)59/h10-21,26-30H,5-9,41H2,1-4H3,(H,42,46)(H,43,47)(H,44,48)(H,45,49)(H,50,61)(H,51,64)(H,52,65)(H,53,60)(H,54,62)(H,55,66)(H,56,67)(H,57,63)(H,58,59)(H,68,69). The van der Waals surface area contributed by atoms with Gasteiger partial charge in [-0.2, -0.15) is 0 Å². The molecular weight excluding hydrogens is 911 g/mol. The predicted molar refractivity (Wildman–Crippen MR) is 235 cm³/mol. The highest BCUT2D eigenvalue weighted by atomic mass is 16.4. The van der Waals surface area contributed by atoms with Crippen LogP contribution in [0.15, 0.2) is 50.1 Å². The summed E-state index contributed by atoms with van der Waals surface area (Å²) in [6, 6.07) is -12.2. The summed E-state index contributed by atoms with van der Waals surface area (Å²) < 4.78 is 0. The first-order valence-corrected chi connectivity index (χ1v) is 21.2. The molecule has 16 N–H and O–H groups in total. The van der Waals surface area contributed by atoms with Crippen LogP contribution in [0, 0.1) is 0 Å². The lowest BCUT2D eigenvalue weighted by atomic mass is 10.1. The summed E-state index contributed by atoms with van der Waals surface area (Å²) in [5.41, 5.74) is 7.41. The number of carbonyl (C=O) groups is 10. The summed E-state index contributed by atoms with van der Waals surface area (Å²) in [6.45, 7) is 5.22. The molecule has 0 aromatic carbocycles. The number of aliphatic carboxylic acids is 2. The Bertz CT molecular complexity index is 2370. The second-order valence-corrected chi connectivity index (χ2v) is 15.8. The van der Waals surface area contributed by atoms with E-state index < -0.39 is 120 Å². The number of aromatic amines is 4. The van der Waals surface area contributed by atoms with E-state index in [9.17, 15) is 53.1 Å². The molecule has 0 aliphatic carbocycles. The summed E-state index contributed by atoms with van der Waals surface area (Å²) >= 11 is 0. The Labute approximate surface area is 391 Å². The van der Waals surface area contributed by atoms with E-state index in [0.717, 1.165) is 0 Å². The van der Waals surface area contributed by atoms with Gasteiger partial charge in [0.1, 0.15) is 48.3 Å². The quantitative estimate of drug-likeness (QED) is 0.0265. The fourth-order valence-electron chi connectivity index (χ4n) is 6.28. The molecule has 0 spiro atoms. The maximum Gasteiger partial charge on any atom is 0.326 e. The van der Waals surface area contributed by atoms with E-state index in [1.165, 1.54) is 77.8 Å². The lowest BCUT2D eigenvalue weighted by Crippen LogP contribution is -2.60. The number of imidazole rings is 4. The van der Waals surface area contributed by atoms with E-state index in [1.54, 1.807) is 0 Å². The molecule has 0 bridgehead atoms. The zero-order chi connectivity index (χ0) is 50.8. The molecule has 4 heterocycles. The lowest BCUT2D eigenvalue weighted by molar-refractivity contribution is -0.147. The molecule has 4 aromatic rings. The molecule has 372 valence electrons. The third-order valence-electron chi connectivity index (χ3n) is 10.1. The van der Waals surface area contributed by atoms with Gasteiger partial charge in [-0.05, 0) is 27.7 Å². The highest BCUT2D eigenvalue weighted by molar-refractivity contribution is 5.98. The van der Waals surface area contributed by atoms with E-state index >= 15 is 0 Å². The molecule has 0 saturated heterocycles. The third-order valence-corrected chi connectivity index (χ3v) is 10.1. The first kappa shape index (κ1) is 53.1. The number of nitrogens with one attached hydrogen (secondary N) is 12. The number of carboxylic acid groups (broad SMARTS) is 2. The van der Waals surface area contributed by atoms with Crippen molar-refractivity contribution >= 4 is 59.2 Å². The molecule has 4 rings (SSSR count). The minimum Gasteiger partial charge on any atom is -0.481 e. The van der Waals surface area contributed by atoms with E-state index in [1.807, 2.05) is 5.32 Å². The van der Waals surface area contributed by atoms with Crippen LogP contribution in [-0.2, 0) is 73.6 Å². The van der Waals surface area contributed by atoms with Crippen LogP contribution in [0.2, 0.25) is 0 Å². The summed E-state index contributed by atoms with van der Waals surface area (Å²) in [6.07, 6.45) is 9.53. The molecule has 0 aliphatic heterocycles. The van der Waals surface area contributed by atoms with E-state index in [4.69, 9.17) is 10.8 Å². The van der Waals surface area contributed by atoms with Crippen LogP contribution in [0.3, 0.4) is 0 Å². The van der Waals surface area contributed by atoms with Crippen LogP contribution < -0.4 is 48.3 Å². The fourth-order valence-corrected chi connectivity index (χ4v) is 6.28. The SMILES string of the molecule is CC(N)C(=O)NC(Cc1cnc[nH]1)C(=O)NC(Cc1cnc[nH]1)C(=O)NC(C)C(=O)NC(Cc1cnc[nH]1)C(=O)NC(Cc1cnc[nH]1)C(=O)NC(C)C(=O)NC(C)C(=O)NC(CC(=O)O)C(=O)O. The summed E-state index contributed by atoms with van der Waals surface area (Å²) in [4.78, 5) is 157. The second kappa shape index (κ2) is 25.4. The number of nitrogens with zero attached hydrogens (tertiary/aromatic N) is 4. The van der Waals surface area contributed by atoms with Gasteiger partial charge in [0.25, 0.3) is 0 Å². The van der Waals surface area contributed by atoms with E-state index in [-0.39, 0.29) is 25.7 Å². The van der Waals surface area contributed by atoms with Crippen molar-refractivity contribution in [2.75, 3.05) is 0 Å². The molecule has 69 heavy (non-hydrogen) atoms. The van der Waals surface area contributed by atoms with Crippen molar-refractivity contribution in [3.05, 3.63) is 72.9 Å². The fraction of sp³-hybridized carbons (Fsp3) is 0.450. The average Bonchev–Trinajstić information content (AvgIpc) is 4.15. The number of rotatable bonds is 27. The number of aromatic nitrogens is 8. The highest BCUT2D eigenvalue weighted by Crippen LogP contribution is 2.07. The minimum atomic E-state index is -1.78. The molecule has 0 saturated carbocycles. The molecule has 0 radical (unpaired) electrons. The van der Waals surface area contributed by atoms with Crippen LogP contribution in [-0.4, -0.2) is 164 Å². The van der Waals surface area contributed by atoms with Gasteiger partial charge in [0.2, 0.25) is 47.3 Å². The first-order valence-electron chi connectivity index (χ1n) is 21.2. The average molecular weight is 966 g/mol. The Hall–Kier alpha value is -8.50.